The lowest BCUT2D eigenvalue weighted by molar-refractivity contribution is -0.132. The Morgan fingerprint density at radius 1 is 1.10 bits per heavy atom. The van der Waals surface area contributed by atoms with Crippen LogP contribution in [0.5, 0.6) is 5.75 Å². The zero-order valence-corrected chi connectivity index (χ0v) is 18.8. The highest BCUT2D eigenvalue weighted by Gasteiger charge is 2.33. The lowest BCUT2D eigenvalue weighted by Crippen LogP contribution is -2.55. The summed E-state index contributed by atoms with van der Waals surface area (Å²) in [7, 11) is -3.70. The van der Waals surface area contributed by atoms with Gasteiger partial charge in [-0.05, 0) is 50.2 Å². The summed E-state index contributed by atoms with van der Waals surface area (Å²) in [4.78, 5) is 16.7. The second kappa shape index (κ2) is 9.55. The van der Waals surface area contributed by atoms with Crippen LogP contribution >= 0.6 is 0 Å². The van der Waals surface area contributed by atoms with Crippen molar-refractivity contribution < 1.29 is 22.3 Å². The molecule has 0 N–H and O–H groups in total. The summed E-state index contributed by atoms with van der Waals surface area (Å²) in [5.74, 6) is 0.0461. The predicted octanol–water partition coefficient (Wildman–Crippen LogP) is 2.73. The highest BCUT2D eigenvalue weighted by atomic mass is 32.2. The first kappa shape index (κ1) is 22.9. The standard InChI is InChI=1S/C22H28FN3O4S/c1-4-30-19-11-9-18(10-12-19)26(31(3,28)29)17(2)22(27)25-15-13-24(14-16-25)21-8-6-5-7-20(21)23/h5-12,17H,4,13-16H2,1-3H3/t17-/m0/s1. The van der Waals surface area contributed by atoms with E-state index in [4.69, 9.17) is 4.74 Å². The van der Waals surface area contributed by atoms with Crippen LogP contribution in [0, 0.1) is 5.82 Å². The monoisotopic (exact) mass is 449 g/mol. The summed E-state index contributed by atoms with van der Waals surface area (Å²) in [5, 5.41) is 0. The van der Waals surface area contributed by atoms with Gasteiger partial charge in [-0.15, -0.1) is 0 Å². The number of rotatable bonds is 7. The van der Waals surface area contributed by atoms with Crippen LogP contribution in [0.2, 0.25) is 0 Å². The SMILES string of the molecule is CCOc1ccc(N([C@@H](C)C(=O)N2CCN(c3ccccc3F)CC2)S(C)(=O)=O)cc1. The largest absolute Gasteiger partial charge is 0.494 e. The zero-order valence-electron chi connectivity index (χ0n) is 18.0. The number of halogens is 1. The summed E-state index contributed by atoms with van der Waals surface area (Å²) >= 11 is 0. The van der Waals surface area contributed by atoms with Crippen molar-refractivity contribution in [3.05, 3.63) is 54.3 Å². The van der Waals surface area contributed by atoms with Gasteiger partial charge >= 0.3 is 0 Å². The molecule has 0 aliphatic carbocycles. The van der Waals surface area contributed by atoms with Crippen molar-refractivity contribution in [1.82, 2.24) is 4.90 Å². The molecule has 0 aromatic heterocycles. The van der Waals surface area contributed by atoms with Crippen molar-refractivity contribution >= 4 is 27.3 Å². The summed E-state index contributed by atoms with van der Waals surface area (Å²) in [6.07, 6.45) is 1.09. The van der Waals surface area contributed by atoms with Gasteiger partial charge in [0.2, 0.25) is 15.9 Å². The van der Waals surface area contributed by atoms with E-state index in [1.165, 1.54) is 6.07 Å². The van der Waals surface area contributed by atoms with E-state index in [0.717, 1.165) is 10.6 Å². The molecule has 1 atom stereocenters. The highest BCUT2D eigenvalue weighted by molar-refractivity contribution is 7.92. The number of carbonyl (C=O) groups excluding carboxylic acids is 1. The summed E-state index contributed by atoms with van der Waals surface area (Å²) in [6.45, 7) is 5.68. The second-order valence-corrected chi connectivity index (χ2v) is 9.28. The summed E-state index contributed by atoms with van der Waals surface area (Å²) in [6, 6.07) is 12.3. The molecule has 0 saturated carbocycles. The fourth-order valence-electron chi connectivity index (χ4n) is 3.80. The molecule has 1 amide bonds. The Kier molecular flexibility index (Phi) is 7.04. The van der Waals surface area contributed by atoms with Crippen LogP contribution in [0.3, 0.4) is 0 Å². The maximum atomic E-state index is 14.1. The van der Waals surface area contributed by atoms with Gasteiger partial charge in [0.05, 0.1) is 24.2 Å². The summed E-state index contributed by atoms with van der Waals surface area (Å²) < 4.78 is 45.6. The van der Waals surface area contributed by atoms with E-state index in [0.29, 0.717) is 49.9 Å². The van der Waals surface area contributed by atoms with Crippen molar-refractivity contribution in [2.45, 2.75) is 19.9 Å². The van der Waals surface area contributed by atoms with E-state index < -0.39 is 16.1 Å². The minimum atomic E-state index is -3.70. The van der Waals surface area contributed by atoms with Crippen LogP contribution in [0.25, 0.3) is 0 Å². The number of para-hydroxylation sites is 1. The number of sulfonamides is 1. The average molecular weight is 450 g/mol. The molecule has 1 heterocycles. The predicted molar refractivity (Wildman–Crippen MR) is 120 cm³/mol. The Morgan fingerprint density at radius 3 is 2.26 bits per heavy atom. The first-order chi connectivity index (χ1) is 14.7. The molecular weight excluding hydrogens is 421 g/mol. The molecule has 1 aliphatic heterocycles. The third-order valence-electron chi connectivity index (χ3n) is 5.25. The number of piperazine rings is 1. The average Bonchev–Trinajstić information content (AvgIpc) is 2.74. The van der Waals surface area contributed by atoms with Crippen molar-refractivity contribution in [3.63, 3.8) is 0 Å². The molecule has 1 aliphatic rings. The van der Waals surface area contributed by atoms with Crippen LogP contribution in [0.15, 0.2) is 48.5 Å². The van der Waals surface area contributed by atoms with Crippen LogP contribution < -0.4 is 13.9 Å². The normalized spacial score (nSPS) is 15.5. The van der Waals surface area contributed by atoms with E-state index >= 15 is 0 Å². The Labute approximate surface area is 183 Å². The van der Waals surface area contributed by atoms with Gasteiger partial charge in [-0.1, -0.05) is 12.1 Å². The van der Waals surface area contributed by atoms with Crippen molar-refractivity contribution in [2.24, 2.45) is 0 Å². The highest BCUT2D eigenvalue weighted by Crippen LogP contribution is 2.26. The fraction of sp³-hybridized carbons (Fsp3) is 0.409. The van der Waals surface area contributed by atoms with Gasteiger partial charge < -0.3 is 14.5 Å². The molecule has 2 aromatic carbocycles. The van der Waals surface area contributed by atoms with Crippen LogP contribution in [0.1, 0.15) is 13.8 Å². The van der Waals surface area contributed by atoms with Gasteiger partial charge in [0, 0.05) is 26.2 Å². The zero-order chi connectivity index (χ0) is 22.6. The number of nitrogens with zero attached hydrogens (tertiary/aromatic N) is 3. The molecule has 7 nitrogen and oxygen atoms in total. The van der Waals surface area contributed by atoms with Crippen LogP contribution in [0.4, 0.5) is 15.8 Å². The molecule has 168 valence electrons. The molecule has 2 aromatic rings. The number of amides is 1. The molecule has 31 heavy (non-hydrogen) atoms. The molecule has 3 rings (SSSR count). The number of benzene rings is 2. The second-order valence-electron chi connectivity index (χ2n) is 7.43. The number of hydrogen-bond acceptors (Lipinski definition) is 5. The van der Waals surface area contributed by atoms with Gasteiger partial charge in [-0.2, -0.15) is 0 Å². The molecule has 0 radical (unpaired) electrons. The van der Waals surface area contributed by atoms with Crippen molar-refractivity contribution in [2.75, 3.05) is 48.2 Å². The van der Waals surface area contributed by atoms with Gasteiger partial charge in [0.15, 0.2) is 0 Å². The molecule has 0 unspecified atom stereocenters. The molecule has 0 spiro atoms. The van der Waals surface area contributed by atoms with Gasteiger partial charge in [-0.25, -0.2) is 12.8 Å². The minimum Gasteiger partial charge on any atom is -0.494 e. The fourth-order valence-corrected chi connectivity index (χ4v) is 4.97. The van der Waals surface area contributed by atoms with Gasteiger partial charge in [0.1, 0.15) is 17.6 Å². The number of ether oxygens (including phenoxy) is 1. The Bertz CT molecular complexity index is 1010. The molecule has 0 bridgehead atoms. The molecule has 1 saturated heterocycles. The number of hydrogen-bond donors (Lipinski definition) is 0. The maximum absolute atomic E-state index is 14.1. The van der Waals surface area contributed by atoms with E-state index in [2.05, 4.69) is 0 Å². The lowest BCUT2D eigenvalue weighted by Gasteiger charge is -2.39. The first-order valence-electron chi connectivity index (χ1n) is 10.2. The van der Waals surface area contributed by atoms with Gasteiger partial charge in [0.25, 0.3) is 0 Å². The van der Waals surface area contributed by atoms with E-state index in [-0.39, 0.29) is 11.7 Å². The quantitative estimate of drug-likeness (QED) is 0.650. The smallest absolute Gasteiger partial charge is 0.246 e. The lowest BCUT2D eigenvalue weighted by atomic mass is 10.2. The Hall–Kier alpha value is -2.81. The number of anilines is 2. The Balaban J connectivity index is 1.73. The number of carbonyl (C=O) groups is 1. The maximum Gasteiger partial charge on any atom is 0.246 e. The van der Waals surface area contributed by atoms with E-state index in [1.54, 1.807) is 54.3 Å². The third-order valence-corrected chi connectivity index (χ3v) is 6.49. The first-order valence-corrected chi connectivity index (χ1v) is 12.1. The topological polar surface area (TPSA) is 70.2 Å². The summed E-state index contributed by atoms with van der Waals surface area (Å²) in [5.41, 5.74) is 0.909. The van der Waals surface area contributed by atoms with Gasteiger partial charge in [-0.3, -0.25) is 9.10 Å². The minimum absolute atomic E-state index is 0.285. The Morgan fingerprint density at radius 2 is 1.71 bits per heavy atom. The molecular formula is C22H28FN3O4S. The molecule has 9 heteroatoms. The molecule has 1 fully saturated rings. The van der Waals surface area contributed by atoms with Crippen LogP contribution in [-0.2, 0) is 14.8 Å². The van der Waals surface area contributed by atoms with E-state index in [9.17, 15) is 17.6 Å². The van der Waals surface area contributed by atoms with Crippen LogP contribution in [-0.4, -0.2) is 64.3 Å². The van der Waals surface area contributed by atoms with E-state index in [1.807, 2.05) is 11.8 Å². The van der Waals surface area contributed by atoms with Crippen molar-refractivity contribution in [3.8, 4) is 5.75 Å². The third kappa shape index (κ3) is 5.28. The van der Waals surface area contributed by atoms with Crippen molar-refractivity contribution in [1.29, 1.82) is 0 Å².